The molecule has 0 spiro atoms. The molecule has 2 aromatic rings. The van der Waals surface area contributed by atoms with E-state index in [2.05, 4.69) is 10.4 Å². The molecule has 136 valence electrons. The molecule has 0 atom stereocenters. The van der Waals surface area contributed by atoms with Crippen molar-refractivity contribution < 1.29 is 14.0 Å². The zero-order chi connectivity index (χ0) is 18.5. The second kappa shape index (κ2) is 7.90. The molecule has 1 fully saturated rings. The van der Waals surface area contributed by atoms with Crippen molar-refractivity contribution in [2.24, 2.45) is 0 Å². The molecule has 1 aliphatic rings. The average molecular weight is 358 g/mol. The minimum absolute atomic E-state index is 0.0890. The minimum Gasteiger partial charge on any atom is -0.351 e. The molecule has 0 bridgehead atoms. The summed E-state index contributed by atoms with van der Waals surface area (Å²) in [6.07, 6.45) is 2.14. The molecule has 1 aliphatic heterocycles. The predicted octanol–water partition coefficient (Wildman–Crippen LogP) is 1.11. The summed E-state index contributed by atoms with van der Waals surface area (Å²) in [4.78, 5) is 37.5. The lowest BCUT2D eigenvalue weighted by molar-refractivity contribution is -0.127. The largest absolute Gasteiger partial charge is 0.351 e. The van der Waals surface area contributed by atoms with Crippen LogP contribution < -0.4 is 10.9 Å². The molecule has 3 rings (SSSR count). The molecule has 7 nitrogen and oxygen atoms in total. The van der Waals surface area contributed by atoms with Crippen LogP contribution >= 0.6 is 0 Å². The Labute approximate surface area is 149 Å². The monoisotopic (exact) mass is 358 g/mol. The summed E-state index contributed by atoms with van der Waals surface area (Å²) in [6, 6.07) is 7.86. The molecule has 1 N–H and O–H groups in total. The van der Waals surface area contributed by atoms with E-state index in [-0.39, 0.29) is 11.6 Å². The first-order chi connectivity index (χ1) is 12.5. The number of carbonyl (C=O) groups excluding carboxylic acids is 2. The Hall–Kier alpha value is -3.03. The first kappa shape index (κ1) is 17.8. The van der Waals surface area contributed by atoms with Crippen molar-refractivity contribution in [2.75, 3.05) is 19.6 Å². The Morgan fingerprint density at radius 3 is 2.62 bits per heavy atom. The number of carbonyl (C=O) groups is 2. The van der Waals surface area contributed by atoms with Crippen molar-refractivity contribution in [3.05, 3.63) is 58.3 Å². The Bertz CT molecular complexity index is 863. The summed E-state index contributed by atoms with van der Waals surface area (Å²) >= 11 is 0. The molecule has 0 unspecified atom stereocenters. The van der Waals surface area contributed by atoms with Gasteiger partial charge in [-0.1, -0.05) is 0 Å². The van der Waals surface area contributed by atoms with Gasteiger partial charge in [0.25, 0.3) is 11.5 Å². The molecule has 0 radical (unpaired) electrons. The molecule has 1 aromatic carbocycles. The average Bonchev–Trinajstić information content (AvgIpc) is 3.05. The molecular formula is C18H19FN4O3. The summed E-state index contributed by atoms with van der Waals surface area (Å²) in [5, 5.41) is 6.78. The van der Waals surface area contributed by atoms with E-state index in [9.17, 15) is 18.8 Å². The lowest BCUT2D eigenvalue weighted by Crippen LogP contribution is -2.32. The van der Waals surface area contributed by atoms with Crippen LogP contribution in [0.25, 0.3) is 5.69 Å². The number of nitrogens with one attached hydrogen (secondary N) is 1. The van der Waals surface area contributed by atoms with Crippen LogP contribution in [0, 0.1) is 5.82 Å². The molecule has 2 amide bonds. The SMILES string of the molecule is O=C(NCCCN1CCCC1=O)c1ccc(=O)n(-c2ccc(F)cc2)n1. The maximum absolute atomic E-state index is 13.0. The number of amides is 2. The third-order valence-electron chi connectivity index (χ3n) is 4.17. The highest BCUT2D eigenvalue weighted by Gasteiger charge is 2.19. The Morgan fingerprint density at radius 1 is 1.15 bits per heavy atom. The minimum atomic E-state index is -0.424. The lowest BCUT2D eigenvalue weighted by atomic mass is 10.3. The van der Waals surface area contributed by atoms with Crippen molar-refractivity contribution in [3.8, 4) is 5.69 Å². The van der Waals surface area contributed by atoms with E-state index >= 15 is 0 Å². The van der Waals surface area contributed by atoms with Crippen LogP contribution in [0.1, 0.15) is 29.8 Å². The quantitative estimate of drug-likeness (QED) is 0.784. The fraction of sp³-hybridized carbons (Fsp3) is 0.333. The van der Waals surface area contributed by atoms with Crippen LogP contribution in [0.3, 0.4) is 0 Å². The van der Waals surface area contributed by atoms with Gasteiger partial charge < -0.3 is 10.2 Å². The van der Waals surface area contributed by atoms with E-state index in [1.807, 2.05) is 0 Å². The van der Waals surface area contributed by atoms with Crippen LogP contribution in [0.4, 0.5) is 4.39 Å². The Balaban J connectivity index is 1.60. The van der Waals surface area contributed by atoms with Gasteiger partial charge in [-0.3, -0.25) is 14.4 Å². The van der Waals surface area contributed by atoms with Gasteiger partial charge in [0, 0.05) is 32.1 Å². The molecule has 1 saturated heterocycles. The predicted molar refractivity (Wildman–Crippen MR) is 92.6 cm³/mol. The molecule has 2 heterocycles. The Morgan fingerprint density at radius 2 is 1.92 bits per heavy atom. The second-order valence-corrected chi connectivity index (χ2v) is 6.04. The number of aromatic nitrogens is 2. The van der Waals surface area contributed by atoms with Crippen molar-refractivity contribution >= 4 is 11.8 Å². The van der Waals surface area contributed by atoms with Gasteiger partial charge in [-0.2, -0.15) is 9.78 Å². The number of hydrogen-bond acceptors (Lipinski definition) is 4. The first-order valence-electron chi connectivity index (χ1n) is 8.47. The number of benzene rings is 1. The van der Waals surface area contributed by atoms with Crippen molar-refractivity contribution in [1.29, 1.82) is 0 Å². The number of rotatable bonds is 6. The highest BCUT2D eigenvalue weighted by atomic mass is 19.1. The summed E-state index contributed by atoms with van der Waals surface area (Å²) in [5.41, 5.74) is 0.0467. The highest BCUT2D eigenvalue weighted by Crippen LogP contribution is 2.09. The van der Waals surface area contributed by atoms with Crippen LogP contribution in [0.5, 0.6) is 0 Å². The van der Waals surface area contributed by atoms with Crippen LogP contribution in [-0.2, 0) is 4.79 Å². The van der Waals surface area contributed by atoms with Crippen LogP contribution in [-0.4, -0.2) is 46.1 Å². The van der Waals surface area contributed by atoms with Crippen molar-refractivity contribution in [3.63, 3.8) is 0 Å². The van der Waals surface area contributed by atoms with Gasteiger partial charge in [0.05, 0.1) is 5.69 Å². The number of nitrogens with zero attached hydrogens (tertiary/aromatic N) is 3. The summed E-state index contributed by atoms with van der Waals surface area (Å²) in [6.45, 7) is 1.79. The van der Waals surface area contributed by atoms with E-state index in [0.29, 0.717) is 31.6 Å². The summed E-state index contributed by atoms with van der Waals surface area (Å²) in [7, 11) is 0. The third-order valence-corrected chi connectivity index (χ3v) is 4.17. The van der Waals surface area contributed by atoms with E-state index in [1.54, 1.807) is 4.90 Å². The van der Waals surface area contributed by atoms with Gasteiger partial charge in [0.15, 0.2) is 0 Å². The van der Waals surface area contributed by atoms with Gasteiger partial charge >= 0.3 is 0 Å². The molecular weight excluding hydrogens is 339 g/mol. The topological polar surface area (TPSA) is 84.3 Å². The molecule has 0 aliphatic carbocycles. The van der Waals surface area contributed by atoms with Gasteiger partial charge in [-0.05, 0) is 43.2 Å². The van der Waals surface area contributed by atoms with Gasteiger partial charge in [-0.15, -0.1) is 0 Å². The van der Waals surface area contributed by atoms with Crippen molar-refractivity contribution in [2.45, 2.75) is 19.3 Å². The summed E-state index contributed by atoms with van der Waals surface area (Å²) < 4.78 is 14.1. The maximum atomic E-state index is 13.0. The normalized spacial score (nSPS) is 13.9. The van der Waals surface area contributed by atoms with E-state index in [0.717, 1.165) is 17.6 Å². The van der Waals surface area contributed by atoms with Gasteiger partial charge in [-0.25, -0.2) is 4.39 Å². The van der Waals surface area contributed by atoms with Gasteiger partial charge in [0.1, 0.15) is 11.5 Å². The van der Waals surface area contributed by atoms with E-state index in [1.165, 1.54) is 36.4 Å². The summed E-state index contributed by atoms with van der Waals surface area (Å²) in [5.74, 6) is -0.676. The standard InChI is InChI=1S/C18H19FN4O3/c19-13-4-6-14(7-5-13)23-17(25)9-8-15(21-23)18(26)20-10-2-12-22-11-1-3-16(22)24/h4-9H,1-3,10-12H2,(H,20,26). The second-order valence-electron chi connectivity index (χ2n) is 6.04. The smallest absolute Gasteiger partial charge is 0.271 e. The van der Waals surface area contributed by atoms with Crippen LogP contribution in [0.15, 0.2) is 41.2 Å². The zero-order valence-electron chi connectivity index (χ0n) is 14.2. The third kappa shape index (κ3) is 4.14. The lowest BCUT2D eigenvalue weighted by Gasteiger charge is -2.15. The molecule has 0 saturated carbocycles. The first-order valence-corrected chi connectivity index (χ1v) is 8.47. The maximum Gasteiger partial charge on any atom is 0.271 e. The Kier molecular flexibility index (Phi) is 5.40. The molecule has 1 aromatic heterocycles. The number of likely N-dealkylation sites (tertiary alicyclic amines) is 1. The van der Waals surface area contributed by atoms with Crippen LogP contribution in [0.2, 0.25) is 0 Å². The molecule has 26 heavy (non-hydrogen) atoms. The zero-order valence-corrected chi connectivity index (χ0v) is 14.2. The number of hydrogen-bond donors (Lipinski definition) is 1. The highest BCUT2D eigenvalue weighted by molar-refractivity contribution is 5.92. The number of halogens is 1. The van der Waals surface area contributed by atoms with E-state index < -0.39 is 17.3 Å². The van der Waals surface area contributed by atoms with Gasteiger partial charge in [0.2, 0.25) is 5.91 Å². The fourth-order valence-corrected chi connectivity index (χ4v) is 2.80. The van der Waals surface area contributed by atoms with E-state index in [4.69, 9.17) is 0 Å². The fourth-order valence-electron chi connectivity index (χ4n) is 2.80. The van der Waals surface area contributed by atoms with Crippen molar-refractivity contribution in [1.82, 2.24) is 20.0 Å². The molecule has 8 heteroatoms.